The van der Waals surface area contributed by atoms with Crippen molar-refractivity contribution in [2.75, 3.05) is 29.3 Å². The van der Waals surface area contributed by atoms with Crippen molar-refractivity contribution >= 4 is 33.0 Å². The fourth-order valence-electron chi connectivity index (χ4n) is 3.99. The molecule has 0 aliphatic carbocycles. The van der Waals surface area contributed by atoms with Crippen LogP contribution in [0.5, 0.6) is 0 Å². The van der Waals surface area contributed by atoms with Crippen molar-refractivity contribution < 1.29 is 22.7 Å². The highest BCUT2D eigenvalue weighted by Gasteiger charge is 2.34. The number of likely N-dealkylation sites (tertiary alicyclic amines) is 1. The lowest BCUT2D eigenvalue weighted by atomic mass is 9.84. The van der Waals surface area contributed by atoms with Crippen LogP contribution in [-0.4, -0.2) is 43.0 Å². The summed E-state index contributed by atoms with van der Waals surface area (Å²) in [5.74, 6) is -0.605. The van der Waals surface area contributed by atoms with Crippen molar-refractivity contribution in [1.82, 2.24) is 4.90 Å². The van der Waals surface area contributed by atoms with E-state index < -0.39 is 27.1 Å². The number of nitrogens with zero attached hydrogens (tertiary/aromatic N) is 1. The van der Waals surface area contributed by atoms with Crippen LogP contribution in [0.1, 0.15) is 43.5 Å². The van der Waals surface area contributed by atoms with Gasteiger partial charge in [-0.15, -0.1) is 0 Å². The molecule has 0 radical (unpaired) electrons. The van der Waals surface area contributed by atoms with Gasteiger partial charge in [-0.25, -0.2) is 12.8 Å². The molecule has 8 nitrogen and oxygen atoms in total. The predicted molar refractivity (Wildman–Crippen MR) is 122 cm³/mol. The van der Waals surface area contributed by atoms with Gasteiger partial charge in [-0.3, -0.25) is 9.52 Å². The second-order valence-corrected chi connectivity index (χ2v) is 10.3. The zero-order valence-electron chi connectivity index (χ0n) is 18.1. The fraction of sp³-hybridized carbons (Fsp3) is 0.409. The average molecular weight is 465 g/mol. The number of amides is 1. The van der Waals surface area contributed by atoms with Crippen LogP contribution in [0.25, 0.3) is 0 Å². The molecule has 10 heteroatoms. The number of anilines is 3. The Balaban J connectivity index is 1.68. The van der Waals surface area contributed by atoms with Gasteiger partial charge in [0.1, 0.15) is 10.7 Å². The summed E-state index contributed by atoms with van der Waals surface area (Å²) in [4.78, 5) is 14.2. The number of benzene rings is 2. The molecule has 3 rings (SSSR count). The Morgan fingerprint density at radius 3 is 2.28 bits per heavy atom. The van der Waals surface area contributed by atoms with Gasteiger partial charge in [0.05, 0.1) is 17.0 Å². The van der Waals surface area contributed by atoms with E-state index in [9.17, 15) is 22.7 Å². The summed E-state index contributed by atoms with van der Waals surface area (Å²) >= 11 is 0. The summed E-state index contributed by atoms with van der Waals surface area (Å²) < 4.78 is 41.1. The molecule has 32 heavy (non-hydrogen) atoms. The van der Waals surface area contributed by atoms with Crippen molar-refractivity contribution in [3.8, 4) is 0 Å². The summed E-state index contributed by atoms with van der Waals surface area (Å²) in [6.45, 7) is 5.04. The van der Waals surface area contributed by atoms with Gasteiger partial charge < -0.3 is 21.5 Å². The number of aliphatic hydroxyl groups is 1. The van der Waals surface area contributed by atoms with Crippen LogP contribution in [0.2, 0.25) is 0 Å². The highest BCUT2D eigenvalue weighted by Crippen LogP contribution is 2.30. The van der Waals surface area contributed by atoms with E-state index in [2.05, 4.69) is 18.6 Å². The maximum Gasteiger partial charge on any atom is 0.264 e. The van der Waals surface area contributed by atoms with Gasteiger partial charge in [0.2, 0.25) is 0 Å². The van der Waals surface area contributed by atoms with Crippen LogP contribution >= 0.6 is 0 Å². The summed E-state index contributed by atoms with van der Waals surface area (Å²) in [6, 6.07) is 7.95. The third kappa shape index (κ3) is 5.13. The van der Waals surface area contributed by atoms with Gasteiger partial charge in [0, 0.05) is 24.3 Å². The minimum atomic E-state index is -4.10. The number of carbonyl (C=O) groups excluding carboxylic acids is 1. The lowest BCUT2D eigenvalue weighted by Crippen LogP contribution is -2.47. The first-order valence-corrected chi connectivity index (χ1v) is 11.9. The van der Waals surface area contributed by atoms with E-state index in [0.717, 1.165) is 12.1 Å². The smallest absolute Gasteiger partial charge is 0.264 e. The van der Waals surface area contributed by atoms with E-state index in [1.807, 2.05) is 0 Å². The molecule has 0 saturated carbocycles. The third-order valence-corrected chi connectivity index (χ3v) is 7.08. The predicted octanol–water partition coefficient (Wildman–Crippen LogP) is 2.80. The van der Waals surface area contributed by atoms with E-state index in [1.165, 1.54) is 24.3 Å². The van der Waals surface area contributed by atoms with Gasteiger partial charge in [0.25, 0.3) is 15.9 Å². The number of nitrogen functional groups attached to an aromatic ring is 2. The van der Waals surface area contributed by atoms with Gasteiger partial charge in [-0.2, -0.15) is 0 Å². The topological polar surface area (TPSA) is 139 Å². The minimum Gasteiger partial charge on any atom is -0.396 e. The number of halogens is 1. The SMILES string of the molecule is CC(C)CC1(O)CCN(C(=O)c2ccc(NS(=O)(=O)c3ccc(F)c(N)c3N)cc2)CC1. The Hall–Kier alpha value is -2.85. The van der Waals surface area contributed by atoms with Crippen LogP contribution in [-0.2, 0) is 10.0 Å². The van der Waals surface area contributed by atoms with Crippen LogP contribution in [0.4, 0.5) is 21.5 Å². The summed E-state index contributed by atoms with van der Waals surface area (Å²) in [5, 5.41) is 10.7. The lowest BCUT2D eigenvalue weighted by Gasteiger charge is -2.39. The van der Waals surface area contributed by atoms with Gasteiger partial charge in [-0.1, -0.05) is 13.8 Å². The number of nitrogens with two attached hydrogens (primary N) is 2. The van der Waals surface area contributed by atoms with Crippen LogP contribution in [0.3, 0.4) is 0 Å². The zero-order chi connectivity index (χ0) is 23.7. The second kappa shape index (κ2) is 8.95. The fourth-order valence-corrected chi connectivity index (χ4v) is 5.19. The van der Waals surface area contributed by atoms with Crippen molar-refractivity contribution in [2.24, 2.45) is 5.92 Å². The number of piperidine rings is 1. The molecule has 0 unspecified atom stereocenters. The molecular formula is C22H29FN4O4S. The van der Waals surface area contributed by atoms with Gasteiger partial charge in [-0.05, 0) is 61.6 Å². The number of hydrogen-bond donors (Lipinski definition) is 4. The maximum atomic E-state index is 13.5. The van der Waals surface area contributed by atoms with E-state index in [1.54, 1.807) is 4.90 Å². The lowest BCUT2D eigenvalue weighted by molar-refractivity contribution is -0.0311. The normalized spacial score (nSPS) is 16.2. The number of sulfonamides is 1. The third-order valence-electron chi connectivity index (χ3n) is 5.64. The van der Waals surface area contributed by atoms with E-state index in [0.29, 0.717) is 43.8 Å². The Labute approximate surface area is 187 Å². The van der Waals surface area contributed by atoms with Crippen LogP contribution < -0.4 is 16.2 Å². The quantitative estimate of drug-likeness (QED) is 0.485. The summed E-state index contributed by atoms with van der Waals surface area (Å²) in [5.41, 5.74) is 10.2. The first kappa shape index (κ1) is 23.8. The molecular weight excluding hydrogens is 435 g/mol. The van der Waals surface area contributed by atoms with E-state index in [4.69, 9.17) is 11.5 Å². The van der Waals surface area contributed by atoms with Gasteiger partial charge in [0.15, 0.2) is 0 Å². The molecule has 1 heterocycles. The maximum absolute atomic E-state index is 13.5. The Morgan fingerprint density at radius 1 is 1.12 bits per heavy atom. The minimum absolute atomic E-state index is 0.179. The highest BCUT2D eigenvalue weighted by molar-refractivity contribution is 7.92. The summed E-state index contributed by atoms with van der Waals surface area (Å²) in [7, 11) is -4.10. The molecule has 6 N–H and O–H groups in total. The Bertz CT molecular complexity index is 1100. The second-order valence-electron chi connectivity index (χ2n) is 8.67. The number of rotatable bonds is 6. The number of carbonyl (C=O) groups is 1. The first-order valence-electron chi connectivity index (χ1n) is 10.4. The Kier molecular flexibility index (Phi) is 6.66. The highest BCUT2D eigenvalue weighted by atomic mass is 32.2. The summed E-state index contributed by atoms with van der Waals surface area (Å²) in [6.07, 6.45) is 1.75. The average Bonchev–Trinajstić information content (AvgIpc) is 2.71. The van der Waals surface area contributed by atoms with Gasteiger partial charge >= 0.3 is 0 Å². The first-order chi connectivity index (χ1) is 14.9. The molecule has 0 aromatic heterocycles. The van der Waals surface area contributed by atoms with Crippen molar-refractivity contribution in [2.45, 2.75) is 43.6 Å². The molecule has 1 saturated heterocycles. The molecule has 2 aromatic rings. The van der Waals surface area contributed by atoms with Crippen LogP contribution in [0, 0.1) is 11.7 Å². The molecule has 1 aliphatic rings. The molecule has 0 bridgehead atoms. The molecule has 1 amide bonds. The molecule has 1 aliphatic heterocycles. The molecule has 0 spiro atoms. The molecule has 2 aromatic carbocycles. The molecule has 1 fully saturated rings. The van der Waals surface area contributed by atoms with Crippen molar-refractivity contribution in [3.63, 3.8) is 0 Å². The number of hydrogen-bond acceptors (Lipinski definition) is 6. The molecule has 174 valence electrons. The van der Waals surface area contributed by atoms with Crippen molar-refractivity contribution in [3.05, 3.63) is 47.8 Å². The zero-order valence-corrected chi connectivity index (χ0v) is 19.0. The van der Waals surface area contributed by atoms with Crippen molar-refractivity contribution in [1.29, 1.82) is 0 Å². The van der Waals surface area contributed by atoms with E-state index in [-0.39, 0.29) is 22.2 Å². The van der Waals surface area contributed by atoms with E-state index >= 15 is 0 Å². The number of nitrogens with one attached hydrogen (secondary N) is 1. The Morgan fingerprint density at radius 2 is 1.72 bits per heavy atom. The standard InChI is InChI=1S/C22H29FN4O4S/c1-14(2)13-22(29)9-11-27(12-10-22)21(28)15-3-5-16(6-4-15)26-32(30,31)18-8-7-17(23)19(24)20(18)25/h3-8,14,26,29H,9-13,24-25H2,1-2H3. The largest absolute Gasteiger partial charge is 0.396 e. The van der Waals surface area contributed by atoms with Crippen LogP contribution in [0.15, 0.2) is 41.3 Å². The molecule has 0 atom stereocenters. The monoisotopic (exact) mass is 464 g/mol.